The Hall–Kier alpha value is -3.68. The Balaban J connectivity index is 1.63. The number of amides is 2. The van der Waals surface area contributed by atoms with Gasteiger partial charge in [0.05, 0.1) is 28.5 Å². The maximum absolute atomic E-state index is 12.3. The van der Waals surface area contributed by atoms with Gasteiger partial charge in [-0.25, -0.2) is 0 Å². The summed E-state index contributed by atoms with van der Waals surface area (Å²) >= 11 is 11.8. The van der Waals surface area contributed by atoms with E-state index in [9.17, 15) is 9.59 Å². The molecule has 3 aromatic rings. The fraction of sp³-hybridized carbons (Fsp3) is 0.0833. The molecule has 0 unspecified atom stereocenters. The van der Waals surface area contributed by atoms with Crippen LogP contribution in [0.5, 0.6) is 11.5 Å². The Kier molecular flexibility index (Phi) is 8.18. The molecule has 33 heavy (non-hydrogen) atoms. The van der Waals surface area contributed by atoms with Gasteiger partial charge >= 0.3 is 0 Å². The first-order valence-corrected chi connectivity index (χ1v) is 10.5. The second-order valence-corrected chi connectivity index (χ2v) is 7.60. The quantitative estimate of drug-likeness (QED) is 0.298. The van der Waals surface area contributed by atoms with Crippen molar-refractivity contribution in [1.82, 2.24) is 0 Å². The predicted molar refractivity (Wildman–Crippen MR) is 132 cm³/mol. The van der Waals surface area contributed by atoms with Crippen LogP contribution in [0.2, 0.25) is 10.0 Å². The minimum absolute atomic E-state index is 0.266. The number of hydrogen-bond donors (Lipinski definition) is 3. The van der Waals surface area contributed by atoms with Crippen LogP contribution in [0.4, 0.5) is 17.1 Å². The van der Waals surface area contributed by atoms with Gasteiger partial charge in [0.1, 0.15) is 0 Å². The van der Waals surface area contributed by atoms with Crippen LogP contribution < -0.4 is 25.8 Å². The van der Waals surface area contributed by atoms with Crippen molar-refractivity contribution in [1.29, 1.82) is 0 Å². The van der Waals surface area contributed by atoms with Crippen molar-refractivity contribution in [3.63, 3.8) is 0 Å². The lowest BCUT2D eigenvalue weighted by molar-refractivity contribution is -0.118. The standard InChI is InChI=1S/C24H21Cl2N3O4/c1-32-21-10-6-15(7-11-23(30)29-20-5-3-2-4-19(20)27)12-22(21)33-14-24(31)28-16-8-9-17(25)18(26)13-16/h2-13H,14,27H2,1H3,(H,28,31)(H,29,30)/b11-7+. The molecule has 3 rings (SSSR count). The normalized spacial score (nSPS) is 10.6. The smallest absolute Gasteiger partial charge is 0.262 e. The average Bonchev–Trinajstić information content (AvgIpc) is 2.80. The lowest BCUT2D eigenvalue weighted by Crippen LogP contribution is -2.20. The van der Waals surface area contributed by atoms with Gasteiger partial charge in [-0.1, -0.05) is 41.4 Å². The monoisotopic (exact) mass is 485 g/mol. The number of nitrogen functional groups attached to an aromatic ring is 1. The zero-order valence-corrected chi connectivity index (χ0v) is 19.1. The summed E-state index contributed by atoms with van der Waals surface area (Å²) < 4.78 is 10.9. The molecular formula is C24H21Cl2N3O4. The molecule has 0 saturated heterocycles. The van der Waals surface area contributed by atoms with Crippen molar-refractivity contribution < 1.29 is 19.1 Å². The number of nitrogens with one attached hydrogen (secondary N) is 2. The van der Waals surface area contributed by atoms with Crippen molar-refractivity contribution in [2.75, 3.05) is 30.1 Å². The number of benzene rings is 3. The topological polar surface area (TPSA) is 103 Å². The number of carbonyl (C=O) groups excluding carboxylic acids is 2. The molecule has 0 bridgehead atoms. The molecule has 0 aliphatic carbocycles. The molecule has 0 spiro atoms. The number of rotatable bonds is 8. The lowest BCUT2D eigenvalue weighted by atomic mass is 10.2. The van der Waals surface area contributed by atoms with E-state index in [2.05, 4.69) is 10.6 Å². The maximum Gasteiger partial charge on any atom is 0.262 e. The Labute approximate surface area is 201 Å². The van der Waals surface area contributed by atoms with Crippen LogP contribution in [0.15, 0.2) is 66.7 Å². The Morgan fingerprint density at radius 3 is 2.48 bits per heavy atom. The van der Waals surface area contributed by atoms with E-state index in [-0.39, 0.29) is 12.5 Å². The third-order valence-electron chi connectivity index (χ3n) is 4.40. The predicted octanol–water partition coefficient (Wildman–Crippen LogP) is 5.25. The van der Waals surface area contributed by atoms with Gasteiger partial charge in [-0.3, -0.25) is 9.59 Å². The first kappa shape index (κ1) is 24.0. The van der Waals surface area contributed by atoms with Crippen molar-refractivity contribution in [3.8, 4) is 11.5 Å². The summed E-state index contributed by atoms with van der Waals surface area (Å²) in [5.74, 6) is 0.0519. The molecular weight excluding hydrogens is 465 g/mol. The molecule has 0 radical (unpaired) electrons. The minimum atomic E-state index is -0.392. The molecule has 0 aliphatic rings. The fourth-order valence-corrected chi connectivity index (χ4v) is 3.08. The van der Waals surface area contributed by atoms with Crippen LogP contribution in [-0.2, 0) is 9.59 Å². The zero-order chi connectivity index (χ0) is 23.8. The van der Waals surface area contributed by atoms with Crippen LogP contribution >= 0.6 is 23.2 Å². The fourth-order valence-electron chi connectivity index (χ4n) is 2.78. The van der Waals surface area contributed by atoms with Crippen LogP contribution in [0.25, 0.3) is 6.08 Å². The number of carbonyl (C=O) groups is 2. The van der Waals surface area contributed by atoms with E-state index >= 15 is 0 Å². The van der Waals surface area contributed by atoms with E-state index in [4.69, 9.17) is 38.4 Å². The SMILES string of the molecule is COc1ccc(/C=C/C(=O)Nc2ccccc2N)cc1OCC(=O)Nc1ccc(Cl)c(Cl)c1. The zero-order valence-electron chi connectivity index (χ0n) is 17.6. The van der Waals surface area contributed by atoms with E-state index in [0.29, 0.717) is 44.2 Å². The number of ether oxygens (including phenoxy) is 2. The summed E-state index contributed by atoms with van der Waals surface area (Å²) in [4.78, 5) is 24.5. The summed E-state index contributed by atoms with van der Waals surface area (Å²) in [6.45, 7) is -0.266. The van der Waals surface area contributed by atoms with Gasteiger partial charge in [0.25, 0.3) is 5.91 Å². The van der Waals surface area contributed by atoms with E-state index in [1.54, 1.807) is 66.7 Å². The first-order chi connectivity index (χ1) is 15.9. The van der Waals surface area contributed by atoms with E-state index in [0.717, 1.165) is 0 Å². The molecule has 3 aromatic carbocycles. The maximum atomic E-state index is 12.3. The average molecular weight is 486 g/mol. The Morgan fingerprint density at radius 1 is 0.970 bits per heavy atom. The number of halogens is 2. The lowest BCUT2D eigenvalue weighted by Gasteiger charge is -2.12. The highest BCUT2D eigenvalue weighted by Crippen LogP contribution is 2.29. The molecule has 2 amide bonds. The van der Waals surface area contributed by atoms with Gasteiger partial charge in [-0.05, 0) is 54.1 Å². The van der Waals surface area contributed by atoms with Gasteiger partial charge in [0.2, 0.25) is 5.91 Å². The molecule has 0 aliphatic heterocycles. The van der Waals surface area contributed by atoms with Gasteiger partial charge in [-0.15, -0.1) is 0 Å². The summed E-state index contributed by atoms with van der Waals surface area (Å²) in [5.41, 5.74) is 8.00. The summed E-state index contributed by atoms with van der Waals surface area (Å²) in [5, 5.41) is 6.11. The molecule has 0 saturated carbocycles. The Bertz CT molecular complexity index is 1200. The number of para-hydroxylation sites is 2. The van der Waals surface area contributed by atoms with Crippen LogP contribution in [-0.4, -0.2) is 25.5 Å². The summed E-state index contributed by atoms with van der Waals surface area (Å²) in [7, 11) is 1.49. The van der Waals surface area contributed by atoms with Crippen LogP contribution in [0.3, 0.4) is 0 Å². The number of hydrogen-bond acceptors (Lipinski definition) is 5. The molecule has 4 N–H and O–H groups in total. The Morgan fingerprint density at radius 2 is 1.76 bits per heavy atom. The van der Waals surface area contributed by atoms with E-state index in [1.165, 1.54) is 13.2 Å². The minimum Gasteiger partial charge on any atom is -0.493 e. The van der Waals surface area contributed by atoms with Gasteiger partial charge in [0.15, 0.2) is 18.1 Å². The first-order valence-electron chi connectivity index (χ1n) is 9.75. The van der Waals surface area contributed by atoms with Crippen molar-refractivity contribution in [3.05, 3.63) is 82.3 Å². The van der Waals surface area contributed by atoms with Crippen LogP contribution in [0, 0.1) is 0 Å². The highest BCUT2D eigenvalue weighted by Gasteiger charge is 2.10. The van der Waals surface area contributed by atoms with E-state index < -0.39 is 5.91 Å². The molecule has 9 heteroatoms. The van der Waals surface area contributed by atoms with E-state index in [1.807, 2.05) is 0 Å². The van der Waals surface area contributed by atoms with Crippen molar-refractivity contribution in [2.24, 2.45) is 0 Å². The number of methoxy groups -OCH3 is 1. The van der Waals surface area contributed by atoms with Crippen molar-refractivity contribution in [2.45, 2.75) is 0 Å². The number of nitrogens with two attached hydrogens (primary N) is 1. The molecule has 170 valence electrons. The molecule has 7 nitrogen and oxygen atoms in total. The molecule has 0 aromatic heterocycles. The largest absolute Gasteiger partial charge is 0.493 e. The second-order valence-electron chi connectivity index (χ2n) is 6.79. The summed E-state index contributed by atoms with van der Waals surface area (Å²) in [6, 6.07) is 16.8. The van der Waals surface area contributed by atoms with Crippen molar-refractivity contribution >= 4 is 58.2 Å². The molecule has 0 heterocycles. The third kappa shape index (κ3) is 6.90. The third-order valence-corrected chi connectivity index (χ3v) is 5.13. The highest BCUT2D eigenvalue weighted by molar-refractivity contribution is 6.42. The number of anilines is 3. The van der Waals surface area contributed by atoms with Gasteiger partial charge in [0, 0.05) is 11.8 Å². The van der Waals surface area contributed by atoms with Crippen LogP contribution in [0.1, 0.15) is 5.56 Å². The highest BCUT2D eigenvalue weighted by atomic mass is 35.5. The second kappa shape index (κ2) is 11.3. The molecule has 0 fully saturated rings. The van der Waals surface area contributed by atoms with Gasteiger partial charge in [-0.2, -0.15) is 0 Å². The summed E-state index contributed by atoms with van der Waals surface area (Å²) in [6.07, 6.45) is 2.98. The molecule has 0 atom stereocenters. The van der Waals surface area contributed by atoms with Gasteiger partial charge < -0.3 is 25.8 Å².